The first kappa shape index (κ1) is 20.5. The summed E-state index contributed by atoms with van der Waals surface area (Å²) >= 11 is 0. The molecule has 0 fully saturated rings. The Kier molecular flexibility index (Phi) is 4.98. The highest BCUT2D eigenvalue weighted by molar-refractivity contribution is 7.93. The van der Waals surface area contributed by atoms with Gasteiger partial charge in [0.1, 0.15) is 6.54 Å². The van der Waals surface area contributed by atoms with Crippen LogP contribution in [-0.4, -0.2) is 25.8 Å². The molecule has 0 spiro atoms. The molecule has 0 bridgehead atoms. The van der Waals surface area contributed by atoms with Gasteiger partial charge in [-0.3, -0.25) is 19.2 Å². The summed E-state index contributed by atoms with van der Waals surface area (Å²) in [6, 6.07) is 16.4. The van der Waals surface area contributed by atoms with Crippen molar-refractivity contribution < 1.29 is 18.1 Å². The van der Waals surface area contributed by atoms with Crippen LogP contribution in [0, 0.1) is 24.0 Å². The molecule has 1 aliphatic heterocycles. The van der Waals surface area contributed by atoms with Gasteiger partial charge in [-0.2, -0.15) is 0 Å². The van der Waals surface area contributed by atoms with Crippen LogP contribution in [0.5, 0.6) is 0 Å². The Morgan fingerprint density at radius 2 is 1.77 bits per heavy atom. The van der Waals surface area contributed by atoms with Crippen LogP contribution >= 0.6 is 0 Å². The third-order valence-electron chi connectivity index (χ3n) is 5.23. The van der Waals surface area contributed by atoms with Gasteiger partial charge in [-0.05, 0) is 38.1 Å². The Morgan fingerprint density at radius 1 is 1.03 bits per heavy atom. The van der Waals surface area contributed by atoms with Gasteiger partial charge in [0.25, 0.3) is 15.7 Å². The lowest BCUT2D eigenvalue weighted by molar-refractivity contribution is -0.385. The number of fused-ring (bicyclic) bond motifs is 3. The normalized spacial score (nSPS) is 13.8. The monoisotopic (exact) mass is 437 g/mol. The van der Waals surface area contributed by atoms with E-state index in [4.69, 9.17) is 0 Å². The van der Waals surface area contributed by atoms with Gasteiger partial charge in [-0.1, -0.05) is 35.9 Å². The third kappa shape index (κ3) is 3.53. The van der Waals surface area contributed by atoms with E-state index in [-0.39, 0.29) is 16.3 Å². The maximum Gasteiger partial charge on any atom is 0.274 e. The fourth-order valence-electron chi connectivity index (χ4n) is 3.69. The second kappa shape index (κ2) is 7.51. The van der Waals surface area contributed by atoms with Crippen LogP contribution in [0.4, 0.5) is 17.1 Å². The molecule has 158 valence electrons. The van der Waals surface area contributed by atoms with E-state index in [2.05, 4.69) is 5.32 Å². The average molecular weight is 437 g/mol. The predicted molar refractivity (Wildman–Crippen MR) is 118 cm³/mol. The summed E-state index contributed by atoms with van der Waals surface area (Å²) in [4.78, 5) is 23.6. The van der Waals surface area contributed by atoms with Crippen molar-refractivity contribution in [2.75, 3.05) is 16.2 Å². The Morgan fingerprint density at radius 3 is 2.52 bits per heavy atom. The summed E-state index contributed by atoms with van der Waals surface area (Å²) in [6.45, 7) is 2.97. The van der Waals surface area contributed by atoms with E-state index in [1.807, 2.05) is 13.0 Å². The van der Waals surface area contributed by atoms with E-state index < -0.39 is 27.4 Å². The van der Waals surface area contributed by atoms with Gasteiger partial charge in [0.05, 0.1) is 26.8 Å². The molecule has 1 heterocycles. The van der Waals surface area contributed by atoms with E-state index in [0.29, 0.717) is 16.8 Å². The molecule has 4 rings (SSSR count). The minimum absolute atomic E-state index is 0.127. The third-order valence-corrected chi connectivity index (χ3v) is 7.05. The molecule has 8 nitrogen and oxygen atoms in total. The van der Waals surface area contributed by atoms with E-state index in [0.717, 1.165) is 15.4 Å². The molecule has 0 aliphatic carbocycles. The number of rotatable bonds is 4. The fraction of sp³-hybridized carbons (Fsp3) is 0.136. The number of amides is 1. The molecule has 31 heavy (non-hydrogen) atoms. The highest BCUT2D eigenvalue weighted by Crippen LogP contribution is 2.43. The summed E-state index contributed by atoms with van der Waals surface area (Å²) in [5, 5.41) is 13.8. The number of aryl methyl sites for hydroxylation is 1. The van der Waals surface area contributed by atoms with Crippen LogP contribution in [-0.2, 0) is 14.8 Å². The van der Waals surface area contributed by atoms with Gasteiger partial charge < -0.3 is 5.32 Å². The minimum atomic E-state index is -3.96. The molecule has 0 saturated heterocycles. The molecule has 3 aromatic carbocycles. The zero-order valence-corrected chi connectivity index (χ0v) is 17.6. The van der Waals surface area contributed by atoms with Crippen molar-refractivity contribution in [1.82, 2.24) is 0 Å². The second-order valence-electron chi connectivity index (χ2n) is 7.28. The molecule has 0 saturated carbocycles. The van der Waals surface area contributed by atoms with Crippen LogP contribution in [0.3, 0.4) is 0 Å². The van der Waals surface area contributed by atoms with Gasteiger partial charge in [-0.15, -0.1) is 0 Å². The van der Waals surface area contributed by atoms with Crippen LogP contribution in [0.25, 0.3) is 11.1 Å². The number of nitro benzene ring substituents is 1. The van der Waals surface area contributed by atoms with E-state index in [9.17, 15) is 23.3 Å². The Bertz CT molecular complexity index is 1330. The van der Waals surface area contributed by atoms with Gasteiger partial charge in [-0.25, -0.2) is 8.42 Å². The fourth-order valence-corrected chi connectivity index (χ4v) is 5.34. The quantitative estimate of drug-likeness (QED) is 0.490. The van der Waals surface area contributed by atoms with Crippen LogP contribution < -0.4 is 9.62 Å². The highest BCUT2D eigenvalue weighted by Gasteiger charge is 2.36. The van der Waals surface area contributed by atoms with Crippen molar-refractivity contribution in [3.8, 4) is 11.1 Å². The van der Waals surface area contributed by atoms with Crippen LogP contribution in [0.1, 0.15) is 11.1 Å². The lowest BCUT2D eigenvalue weighted by Crippen LogP contribution is -2.40. The molecular weight excluding hydrogens is 418 g/mol. The maximum absolute atomic E-state index is 13.3. The highest BCUT2D eigenvalue weighted by atomic mass is 32.2. The molecule has 9 heteroatoms. The smallest absolute Gasteiger partial charge is 0.274 e. The number of anilines is 2. The van der Waals surface area contributed by atoms with E-state index in [1.54, 1.807) is 30.3 Å². The Labute approximate surface area is 179 Å². The van der Waals surface area contributed by atoms with Gasteiger partial charge in [0.2, 0.25) is 5.91 Å². The minimum Gasteiger partial charge on any atom is -0.324 e. The number of nitrogens with one attached hydrogen (secondary N) is 1. The standard InChI is InChI=1S/C22H19N3O5S/c1-14-10-11-20-17(12-14)16-6-3-4-9-21(16)31(29,30)24(20)13-22(26)23-18-7-5-8-19(15(18)2)25(27)28/h3-12H,13H2,1-2H3,(H,23,26). The molecule has 1 N–H and O–H groups in total. The summed E-state index contributed by atoms with van der Waals surface area (Å²) in [5.41, 5.74) is 3.12. The number of nitrogens with zero attached hydrogens (tertiary/aromatic N) is 2. The van der Waals surface area contributed by atoms with Crippen LogP contribution in [0.2, 0.25) is 0 Å². The number of hydrogen-bond donors (Lipinski definition) is 1. The summed E-state index contributed by atoms with van der Waals surface area (Å²) in [5.74, 6) is -0.599. The molecule has 0 unspecified atom stereocenters. The SMILES string of the molecule is Cc1ccc2c(c1)-c1ccccc1S(=O)(=O)N2CC(=O)Nc1cccc([N+](=O)[O-])c1C. The van der Waals surface area contributed by atoms with Crippen molar-refractivity contribution in [2.24, 2.45) is 0 Å². The summed E-state index contributed by atoms with van der Waals surface area (Å²) < 4.78 is 27.7. The van der Waals surface area contributed by atoms with Crippen molar-refractivity contribution in [3.63, 3.8) is 0 Å². The van der Waals surface area contributed by atoms with E-state index in [1.165, 1.54) is 31.2 Å². The predicted octanol–water partition coefficient (Wildman–Crippen LogP) is 4.03. The van der Waals surface area contributed by atoms with Crippen molar-refractivity contribution in [2.45, 2.75) is 18.7 Å². The first-order chi connectivity index (χ1) is 14.7. The second-order valence-corrected chi connectivity index (χ2v) is 9.11. The number of nitro groups is 1. The molecule has 0 radical (unpaired) electrons. The topological polar surface area (TPSA) is 110 Å². The number of benzene rings is 3. The molecule has 1 aliphatic rings. The lowest BCUT2D eigenvalue weighted by atomic mass is 10.0. The molecule has 0 aromatic heterocycles. The first-order valence-corrected chi connectivity index (χ1v) is 10.9. The van der Waals surface area contributed by atoms with E-state index >= 15 is 0 Å². The maximum atomic E-state index is 13.3. The van der Waals surface area contributed by atoms with Gasteiger partial charge in [0.15, 0.2) is 0 Å². The average Bonchev–Trinajstić information content (AvgIpc) is 2.73. The first-order valence-electron chi connectivity index (χ1n) is 9.47. The number of hydrogen-bond acceptors (Lipinski definition) is 5. The Balaban J connectivity index is 1.72. The molecule has 3 aromatic rings. The molecule has 0 atom stereocenters. The summed E-state index contributed by atoms with van der Waals surface area (Å²) in [6.07, 6.45) is 0. The number of sulfonamides is 1. The molecular formula is C22H19N3O5S. The van der Waals surface area contributed by atoms with Gasteiger partial charge in [0, 0.05) is 17.2 Å². The summed E-state index contributed by atoms with van der Waals surface area (Å²) in [7, 11) is -3.96. The van der Waals surface area contributed by atoms with Crippen molar-refractivity contribution >= 4 is 33.0 Å². The van der Waals surface area contributed by atoms with Crippen molar-refractivity contribution in [1.29, 1.82) is 0 Å². The zero-order valence-electron chi connectivity index (χ0n) is 16.8. The van der Waals surface area contributed by atoms with Gasteiger partial charge >= 0.3 is 0 Å². The lowest BCUT2D eigenvalue weighted by Gasteiger charge is -2.31. The molecule has 1 amide bonds. The Hall–Kier alpha value is -3.72. The largest absolute Gasteiger partial charge is 0.324 e. The van der Waals surface area contributed by atoms with Crippen LogP contribution in [0.15, 0.2) is 65.6 Å². The zero-order chi connectivity index (χ0) is 22.3. The number of carbonyl (C=O) groups excluding carboxylic acids is 1. The number of carbonyl (C=O) groups is 1. The van der Waals surface area contributed by atoms with Crippen molar-refractivity contribution in [3.05, 3.63) is 81.9 Å².